The number of carbonyl (C=O) groups is 2. The van der Waals surface area contributed by atoms with Crippen LogP contribution in [0.15, 0.2) is 54.3 Å². The van der Waals surface area contributed by atoms with Crippen LogP contribution in [0.2, 0.25) is 0 Å². The van der Waals surface area contributed by atoms with Crippen molar-refractivity contribution in [1.29, 1.82) is 0 Å². The van der Waals surface area contributed by atoms with Crippen LogP contribution in [0.3, 0.4) is 0 Å². The van der Waals surface area contributed by atoms with Crippen LogP contribution in [0.25, 0.3) is 6.08 Å². The van der Waals surface area contributed by atoms with E-state index in [1.807, 2.05) is 0 Å². The third kappa shape index (κ3) is 5.24. The number of halogens is 1. The largest absolute Gasteiger partial charge is 0.449 e. The molecule has 2 amide bonds. The molecule has 0 bridgehead atoms. The molecule has 30 heavy (non-hydrogen) atoms. The van der Waals surface area contributed by atoms with E-state index in [2.05, 4.69) is 19.2 Å². The lowest BCUT2D eigenvalue weighted by Crippen LogP contribution is -3.12. The Morgan fingerprint density at radius 3 is 2.67 bits per heavy atom. The molecule has 3 rings (SSSR count). The first-order chi connectivity index (χ1) is 14.5. The maximum absolute atomic E-state index is 13.5. The summed E-state index contributed by atoms with van der Waals surface area (Å²) < 4.78 is 19.3. The summed E-state index contributed by atoms with van der Waals surface area (Å²) in [6, 6.07) is 12.9. The molecule has 2 aromatic rings. The summed E-state index contributed by atoms with van der Waals surface area (Å²) in [4.78, 5) is 28.3. The first-order valence-corrected chi connectivity index (χ1v) is 10.2. The van der Waals surface area contributed by atoms with Crippen LogP contribution in [0.1, 0.15) is 19.4 Å². The number of nitrogens with one attached hydrogen (secondary N) is 2. The van der Waals surface area contributed by atoms with Crippen LogP contribution in [-0.4, -0.2) is 44.5 Å². The van der Waals surface area contributed by atoms with E-state index in [1.54, 1.807) is 36.4 Å². The molecule has 6 nitrogen and oxygen atoms in total. The summed E-state index contributed by atoms with van der Waals surface area (Å²) in [6.07, 6.45) is 1.48. The molecule has 2 N–H and O–H groups in total. The SMILES string of the molecule is CC[NH+](CC)CCNC(=O)CN1C(=O)C(=Cc2cccc(F)c2)Oc2ccccc21. The van der Waals surface area contributed by atoms with Crippen molar-refractivity contribution in [2.24, 2.45) is 0 Å². The molecule has 1 aliphatic heterocycles. The second-order valence-electron chi connectivity index (χ2n) is 7.08. The van der Waals surface area contributed by atoms with E-state index < -0.39 is 11.7 Å². The smallest absolute Gasteiger partial charge is 0.294 e. The highest BCUT2D eigenvalue weighted by molar-refractivity contribution is 6.12. The zero-order chi connectivity index (χ0) is 21.5. The molecule has 0 radical (unpaired) electrons. The van der Waals surface area contributed by atoms with Gasteiger partial charge in [0, 0.05) is 0 Å². The van der Waals surface area contributed by atoms with Crippen molar-refractivity contribution in [2.45, 2.75) is 13.8 Å². The van der Waals surface area contributed by atoms with Gasteiger partial charge in [-0.15, -0.1) is 0 Å². The Morgan fingerprint density at radius 2 is 1.93 bits per heavy atom. The van der Waals surface area contributed by atoms with Gasteiger partial charge in [-0.3, -0.25) is 14.5 Å². The number of nitrogens with zero attached hydrogens (tertiary/aromatic N) is 1. The van der Waals surface area contributed by atoms with Gasteiger partial charge in [0.25, 0.3) is 5.91 Å². The molecule has 0 atom stereocenters. The number of quaternary nitrogens is 1. The number of anilines is 1. The molecule has 0 unspecified atom stereocenters. The fourth-order valence-electron chi connectivity index (χ4n) is 3.35. The Morgan fingerprint density at radius 1 is 1.17 bits per heavy atom. The zero-order valence-electron chi connectivity index (χ0n) is 17.3. The maximum Gasteiger partial charge on any atom is 0.294 e. The van der Waals surface area contributed by atoms with Crippen LogP contribution in [-0.2, 0) is 9.59 Å². The molecule has 0 fully saturated rings. The van der Waals surface area contributed by atoms with Crippen molar-refractivity contribution in [3.63, 3.8) is 0 Å². The highest BCUT2D eigenvalue weighted by atomic mass is 19.1. The molecule has 0 aromatic heterocycles. The number of ether oxygens (including phenoxy) is 1. The van der Waals surface area contributed by atoms with Gasteiger partial charge >= 0.3 is 0 Å². The highest BCUT2D eigenvalue weighted by Crippen LogP contribution is 2.35. The number of carbonyl (C=O) groups excluding carboxylic acids is 2. The van der Waals surface area contributed by atoms with Gasteiger partial charge in [0.1, 0.15) is 12.4 Å². The summed E-state index contributed by atoms with van der Waals surface area (Å²) in [5.41, 5.74) is 1.03. The summed E-state index contributed by atoms with van der Waals surface area (Å²) in [5.74, 6) is -0.571. The molecular formula is C23H27FN3O3+. The Kier molecular flexibility index (Phi) is 7.19. The van der Waals surface area contributed by atoms with Crippen LogP contribution >= 0.6 is 0 Å². The van der Waals surface area contributed by atoms with E-state index >= 15 is 0 Å². The predicted octanol–water partition coefficient (Wildman–Crippen LogP) is 1.63. The van der Waals surface area contributed by atoms with Gasteiger partial charge in [-0.2, -0.15) is 0 Å². The minimum Gasteiger partial charge on any atom is -0.449 e. The molecule has 2 aromatic carbocycles. The van der Waals surface area contributed by atoms with Gasteiger partial charge in [0.15, 0.2) is 11.5 Å². The maximum atomic E-state index is 13.5. The summed E-state index contributed by atoms with van der Waals surface area (Å²) in [7, 11) is 0. The number of benzene rings is 2. The van der Waals surface area contributed by atoms with Gasteiger partial charge in [-0.25, -0.2) is 4.39 Å². The first kappa shape index (κ1) is 21.5. The lowest BCUT2D eigenvalue weighted by atomic mass is 10.1. The van der Waals surface area contributed by atoms with Crippen molar-refractivity contribution in [3.8, 4) is 5.75 Å². The van der Waals surface area contributed by atoms with Crippen molar-refractivity contribution in [2.75, 3.05) is 37.6 Å². The fourth-order valence-corrected chi connectivity index (χ4v) is 3.35. The topological polar surface area (TPSA) is 63.1 Å². The summed E-state index contributed by atoms with van der Waals surface area (Å²) >= 11 is 0. The molecule has 0 aliphatic carbocycles. The Labute approximate surface area is 175 Å². The predicted molar refractivity (Wildman–Crippen MR) is 114 cm³/mol. The monoisotopic (exact) mass is 412 g/mol. The normalized spacial score (nSPS) is 14.6. The third-order valence-corrected chi connectivity index (χ3v) is 5.08. The molecule has 7 heteroatoms. The van der Waals surface area contributed by atoms with E-state index in [1.165, 1.54) is 28.0 Å². The summed E-state index contributed by atoms with van der Waals surface area (Å²) in [5, 5.41) is 2.89. The molecule has 158 valence electrons. The van der Waals surface area contributed by atoms with Crippen LogP contribution in [0, 0.1) is 5.82 Å². The van der Waals surface area contributed by atoms with Gasteiger partial charge in [0.2, 0.25) is 5.91 Å². The quantitative estimate of drug-likeness (QED) is 0.648. The lowest BCUT2D eigenvalue weighted by molar-refractivity contribution is -0.895. The number of likely N-dealkylation sites (N-methyl/N-ethyl adjacent to an activating group) is 1. The summed E-state index contributed by atoms with van der Waals surface area (Å²) in [6.45, 7) is 7.46. The van der Waals surface area contributed by atoms with Gasteiger partial charge in [-0.05, 0) is 49.8 Å². The van der Waals surface area contributed by atoms with Crippen molar-refractivity contribution < 1.29 is 23.6 Å². The van der Waals surface area contributed by atoms with Crippen molar-refractivity contribution in [1.82, 2.24) is 5.32 Å². The number of amides is 2. The second kappa shape index (κ2) is 10.0. The van der Waals surface area contributed by atoms with Crippen molar-refractivity contribution in [3.05, 3.63) is 65.7 Å². The molecule has 0 spiro atoms. The number of hydrogen-bond donors (Lipinski definition) is 2. The van der Waals surface area contributed by atoms with Gasteiger partial charge in [0.05, 0.1) is 31.9 Å². The number of fused-ring (bicyclic) bond motifs is 1. The Bertz CT molecular complexity index is 941. The fraction of sp³-hybridized carbons (Fsp3) is 0.304. The Balaban J connectivity index is 1.77. The van der Waals surface area contributed by atoms with E-state index in [0.717, 1.165) is 19.6 Å². The molecule has 0 saturated carbocycles. The van der Waals surface area contributed by atoms with Crippen LogP contribution in [0.4, 0.5) is 10.1 Å². The van der Waals surface area contributed by atoms with E-state index in [0.29, 0.717) is 23.5 Å². The zero-order valence-corrected chi connectivity index (χ0v) is 17.3. The minimum atomic E-state index is -0.442. The van der Waals surface area contributed by atoms with E-state index in [9.17, 15) is 14.0 Å². The van der Waals surface area contributed by atoms with Gasteiger partial charge in [-0.1, -0.05) is 24.3 Å². The van der Waals surface area contributed by atoms with E-state index in [4.69, 9.17) is 4.74 Å². The van der Waals surface area contributed by atoms with Crippen molar-refractivity contribution >= 4 is 23.6 Å². The molecular weight excluding hydrogens is 385 g/mol. The number of rotatable bonds is 8. The lowest BCUT2D eigenvalue weighted by Gasteiger charge is -2.30. The standard InChI is InChI=1S/C23H26FN3O3/c1-3-26(4-2)13-12-25-22(28)16-27-19-10-5-6-11-20(19)30-21(23(27)29)15-17-8-7-9-18(24)14-17/h5-11,14-15H,3-4,12-13,16H2,1-2H3,(H,25,28)/p+1. The highest BCUT2D eigenvalue weighted by Gasteiger charge is 2.31. The van der Waals surface area contributed by atoms with Gasteiger partial charge < -0.3 is 15.0 Å². The Hall–Kier alpha value is -3.19. The van der Waals surface area contributed by atoms with Crippen LogP contribution < -0.4 is 19.9 Å². The van der Waals surface area contributed by atoms with E-state index in [-0.39, 0.29) is 18.2 Å². The molecule has 1 aliphatic rings. The molecule has 0 saturated heterocycles. The molecule has 1 heterocycles. The third-order valence-electron chi connectivity index (χ3n) is 5.08. The second-order valence-corrected chi connectivity index (χ2v) is 7.08. The number of hydrogen-bond acceptors (Lipinski definition) is 3. The average molecular weight is 412 g/mol. The van der Waals surface area contributed by atoms with Crippen LogP contribution in [0.5, 0.6) is 5.75 Å². The first-order valence-electron chi connectivity index (χ1n) is 10.2. The average Bonchev–Trinajstić information content (AvgIpc) is 2.74. The number of para-hydroxylation sites is 2. The minimum absolute atomic E-state index is 0.0414.